The molecule has 1 amide bonds. The average Bonchev–Trinajstić information content (AvgIpc) is 3.44. The summed E-state index contributed by atoms with van der Waals surface area (Å²) in [7, 11) is 2.09. The van der Waals surface area contributed by atoms with E-state index < -0.39 is 0 Å². The topological polar surface area (TPSA) is 79.2 Å². The summed E-state index contributed by atoms with van der Waals surface area (Å²) < 4.78 is 2.19. The van der Waals surface area contributed by atoms with E-state index in [1.807, 2.05) is 35.5 Å². The largest absolute Gasteiger partial charge is 0.336 e. The van der Waals surface area contributed by atoms with E-state index in [-0.39, 0.29) is 5.91 Å². The van der Waals surface area contributed by atoms with Crippen LogP contribution in [0.5, 0.6) is 0 Å². The zero-order valence-electron chi connectivity index (χ0n) is 17.3. The molecule has 1 aliphatic carbocycles. The monoisotopic (exact) mass is 405 g/mol. The maximum absolute atomic E-state index is 12.7. The molecule has 3 aromatic rings. The number of fused-ring (bicyclic) bond motifs is 1. The van der Waals surface area contributed by atoms with Crippen LogP contribution in [0.2, 0.25) is 0 Å². The summed E-state index contributed by atoms with van der Waals surface area (Å²) >= 11 is 0. The van der Waals surface area contributed by atoms with E-state index in [1.165, 1.54) is 25.7 Å². The second kappa shape index (κ2) is 8.02. The van der Waals surface area contributed by atoms with Crippen LogP contribution in [0.3, 0.4) is 0 Å². The van der Waals surface area contributed by atoms with Gasteiger partial charge in [0.1, 0.15) is 5.52 Å². The molecule has 30 heavy (non-hydrogen) atoms. The summed E-state index contributed by atoms with van der Waals surface area (Å²) in [4.78, 5) is 30.4. The van der Waals surface area contributed by atoms with E-state index >= 15 is 0 Å². The molecular formula is C22H27N7O. The highest BCUT2D eigenvalue weighted by Crippen LogP contribution is 2.31. The van der Waals surface area contributed by atoms with Crippen LogP contribution in [0.1, 0.15) is 42.1 Å². The zero-order chi connectivity index (χ0) is 20.5. The Balaban J connectivity index is 1.30. The number of nitrogens with zero attached hydrogens (tertiary/aromatic N) is 6. The molecule has 5 rings (SSSR count). The summed E-state index contributed by atoms with van der Waals surface area (Å²) in [5.74, 6) is 0.633. The Bertz CT molecular complexity index is 1030. The molecule has 1 saturated heterocycles. The molecule has 1 saturated carbocycles. The number of anilines is 2. The van der Waals surface area contributed by atoms with E-state index in [2.05, 4.69) is 31.8 Å². The molecule has 0 spiro atoms. The number of aromatic nitrogens is 4. The van der Waals surface area contributed by atoms with Gasteiger partial charge >= 0.3 is 0 Å². The minimum atomic E-state index is 0.0905. The van der Waals surface area contributed by atoms with Crippen LogP contribution in [0.25, 0.3) is 11.2 Å². The third-order valence-electron chi connectivity index (χ3n) is 6.21. The maximum Gasteiger partial charge on any atom is 0.253 e. The standard InChI is InChI=1S/C22H27N7O/c1-27-10-12-28(13-11-27)21(30)16-6-8-17(9-7-16)25-22-23-14-19-20(26-22)29(15-24-19)18-4-2-3-5-18/h6-9,14-15,18H,2-5,10-13H2,1H3,(H,23,25,26). The Morgan fingerprint density at radius 3 is 2.50 bits per heavy atom. The first kappa shape index (κ1) is 19.0. The van der Waals surface area contributed by atoms with Gasteiger partial charge in [-0.25, -0.2) is 9.97 Å². The summed E-state index contributed by atoms with van der Waals surface area (Å²) in [6.07, 6.45) is 8.54. The summed E-state index contributed by atoms with van der Waals surface area (Å²) in [6.45, 7) is 3.39. The highest BCUT2D eigenvalue weighted by molar-refractivity contribution is 5.94. The third-order valence-corrected chi connectivity index (χ3v) is 6.21. The van der Waals surface area contributed by atoms with Gasteiger partial charge in [-0.1, -0.05) is 12.8 Å². The van der Waals surface area contributed by atoms with Crippen molar-refractivity contribution in [1.29, 1.82) is 0 Å². The number of benzene rings is 1. The molecule has 0 radical (unpaired) electrons. The molecule has 8 heteroatoms. The van der Waals surface area contributed by atoms with Crippen molar-refractivity contribution in [1.82, 2.24) is 29.3 Å². The number of carbonyl (C=O) groups excluding carboxylic acids is 1. The summed E-state index contributed by atoms with van der Waals surface area (Å²) in [6, 6.07) is 8.03. The smallest absolute Gasteiger partial charge is 0.253 e. The van der Waals surface area contributed by atoms with E-state index in [1.54, 1.807) is 6.20 Å². The maximum atomic E-state index is 12.7. The van der Waals surface area contributed by atoms with Crippen molar-refractivity contribution in [2.75, 3.05) is 38.5 Å². The molecule has 3 heterocycles. The predicted molar refractivity (Wildman–Crippen MR) is 116 cm³/mol. The fourth-order valence-corrected chi connectivity index (χ4v) is 4.35. The average molecular weight is 406 g/mol. The van der Waals surface area contributed by atoms with E-state index in [0.717, 1.165) is 43.0 Å². The fraction of sp³-hybridized carbons (Fsp3) is 0.455. The van der Waals surface area contributed by atoms with Crippen LogP contribution < -0.4 is 5.32 Å². The zero-order valence-corrected chi connectivity index (χ0v) is 17.3. The number of likely N-dealkylation sites (N-methyl/N-ethyl adjacent to an activating group) is 1. The van der Waals surface area contributed by atoms with Gasteiger partial charge in [-0.2, -0.15) is 4.98 Å². The van der Waals surface area contributed by atoms with Gasteiger partial charge in [0.05, 0.1) is 12.5 Å². The van der Waals surface area contributed by atoms with Gasteiger partial charge < -0.3 is 19.7 Å². The number of imidazole rings is 1. The molecule has 1 N–H and O–H groups in total. The summed E-state index contributed by atoms with van der Waals surface area (Å²) in [5.41, 5.74) is 3.26. The Kier molecular flexibility index (Phi) is 5.08. The number of rotatable bonds is 4. The minimum absolute atomic E-state index is 0.0905. The van der Waals surface area contributed by atoms with Crippen molar-refractivity contribution in [2.24, 2.45) is 0 Å². The van der Waals surface area contributed by atoms with Crippen LogP contribution in [0.15, 0.2) is 36.8 Å². The van der Waals surface area contributed by atoms with Gasteiger partial charge in [0, 0.05) is 43.5 Å². The Labute approximate surface area is 175 Å². The third kappa shape index (κ3) is 3.75. The number of carbonyl (C=O) groups is 1. The Morgan fingerprint density at radius 2 is 1.77 bits per heavy atom. The van der Waals surface area contributed by atoms with Crippen molar-refractivity contribution in [3.05, 3.63) is 42.4 Å². The highest BCUT2D eigenvalue weighted by Gasteiger charge is 2.21. The number of hydrogen-bond acceptors (Lipinski definition) is 6. The van der Waals surface area contributed by atoms with E-state index in [4.69, 9.17) is 4.98 Å². The molecular weight excluding hydrogens is 378 g/mol. The molecule has 8 nitrogen and oxygen atoms in total. The lowest BCUT2D eigenvalue weighted by Crippen LogP contribution is -2.47. The van der Waals surface area contributed by atoms with Crippen LogP contribution in [-0.2, 0) is 0 Å². The van der Waals surface area contributed by atoms with Gasteiger partial charge in [0.2, 0.25) is 5.95 Å². The molecule has 1 aromatic carbocycles. The van der Waals surface area contributed by atoms with Crippen LogP contribution >= 0.6 is 0 Å². The first-order chi connectivity index (χ1) is 14.7. The lowest BCUT2D eigenvalue weighted by atomic mass is 10.1. The first-order valence-corrected chi connectivity index (χ1v) is 10.7. The van der Waals surface area contributed by atoms with Crippen LogP contribution in [0.4, 0.5) is 11.6 Å². The van der Waals surface area contributed by atoms with Crippen LogP contribution in [-0.4, -0.2) is 68.5 Å². The molecule has 2 aromatic heterocycles. The Hall–Kier alpha value is -3.00. The van der Waals surface area contributed by atoms with E-state index in [9.17, 15) is 4.79 Å². The first-order valence-electron chi connectivity index (χ1n) is 10.7. The Morgan fingerprint density at radius 1 is 1.03 bits per heavy atom. The normalized spacial score (nSPS) is 18.2. The number of hydrogen-bond donors (Lipinski definition) is 1. The second-order valence-corrected chi connectivity index (χ2v) is 8.29. The van der Waals surface area contributed by atoms with Gasteiger partial charge in [-0.15, -0.1) is 0 Å². The lowest BCUT2D eigenvalue weighted by Gasteiger charge is -2.32. The molecule has 2 aliphatic rings. The number of amides is 1. The summed E-state index contributed by atoms with van der Waals surface area (Å²) in [5, 5.41) is 3.26. The molecule has 0 atom stereocenters. The van der Waals surface area contributed by atoms with Crippen molar-refractivity contribution >= 4 is 28.7 Å². The van der Waals surface area contributed by atoms with Gasteiger partial charge in [-0.3, -0.25) is 4.79 Å². The minimum Gasteiger partial charge on any atom is -0.336 e. The van der Waals surface area contributed by atoms with Crippen molar-refractivity contribution in [2.45, 2.75) is 31.7 Å². The SMILES string of the molecule is CN1CCN(C(=O)c2ccc(Nc3ncc4ncn(C5CCCC5)c4n3)cc2)CC1. The van der Waals surface area contributed by atoms with Crippen molar-refractivity contribution < 1.29 is 4.79 Å². The molecule has 156 valence electrons. The number of nitrogens with one attached hydrogen (secondary N) is 1. The quantitative estimate of drug-likeness (QED) is 0.719. The van der Waals surface area contributed by atoms with Crippen LogP contribution in [0, 0.1) is 0 Å². The van der Waals surface area contributed by atoms with Crippen molar-refractivity contribution in [3.8, 4) is 0 Å². The van der Waals surface area contributed by atoms with Gasteiger partial charge in [0.25, 0.3) is 5.91 Å². The molecule has 0 bridgehead atoms. The van der Waals surface area contributed by atoms with Crippen molar-refractivity contribution in [3.63, 3.8) is 0 Å². The van der Waals surface area contributed by atoms with E-state index in [0.29, 0.717) is 17.6 Å². The predicted octanol–water partition coefficient (Wildman–Crippen LogP) is 3.07. The molecule has 2 fully saturated rings. The highest BCUT2D eigenvalue weighted by atomic mass is 16.2. The lowest BCUT2D eigenvalue weighted by molar-refractivity contribution is 0.0664. The molecule has 1 aliphatic heterocycles. The molecule has 0 unspecified atom stereocenters. The second-order valence-electron chi connectivity index (χ2n) is 8.29. The fourth-order valence-electron chi connectivity index (χ4n) is 4.35. The van der Waals surface area contributed by atoms with Gasteiger partial charge in [0.15, 0.2) is 5.65 Å². The van der Waals surface area contributed by atoms with Gasteiger partial charge in [-0.05, 0) is 44.2 Å². The number of piperazine rings is 1.